The number of rotatable bonds is 8. The summed E-state index contributed by atoms with van der Waals surface area (Å²) in [6.45, 7) is 7.94. The van der Waals surface area contributed by atoms with Crippen molar-refractivity contribution < 1.29 is 13.2 Å². The van der Waals surface area contributed by atoms with Gasteiger partial charge in [-0.1, -0.05) is 26.0 Å². The van der Waals surface area contributed by atoms with Crippen LogP contribution in [-0.2, 0) is 10.0 Å². The number of amides is 1. The average molecular weight is 491 g/mol. The number of benzene rings is 1. The Morgan fingerprint density at radius 2 is 1.88 bits per heavy atom. The third kappa shape index (κ3) is 4.88. The molecule has 1 aromatic carbocycles. The van der Waals surface area contributed by atoms with Gasteiger partial charge in [0.1, 0.15) is 5.03 Å². The zero-order chi connectivity index (χ0) is 23.5. The minimum Gasteiger partial charge on any atom is -0.322 e. The van der Waals surface area contributed by atoms with E-state index in [1.165, 1.54) is 33.5 Å². The summed E-state index contributed by atoms with van der Waals surface area (Å²) in [5.41, 5.74) is 2.15. The van der Waals surface area contributed by atoms with Crippen LogP contribution in [0.15, 0.2) is 45.6 Å². The highest BCUT2D eigenvalue weighted by Gasteiger charge is 2.24. The van der Waals surface area contributed by atoms with Crippen molar-refractivity contribution in [2.45, 2.75) is 37.6 Å². The first kappa shape index (κ1) is 24.4. The maximum atomic E-state index is 13.2. The van der Waals surface area contributed by atoms with Crippen LogP contribution in [0.5, 0.6) is 0 Å². The molecule has 1 amide bonds. The predicted molar refractivity (Wildman–Crippen MR) is 131 cm³/mol. The topological polar surface area (TPSA) is 92.3 Å². The second kappa shape index (κ2) is 10.1. The van der Waals surface area contributed by atoms with Gasteiger partial charge in [0.2, 0.25) is 10.0 Å². The molecule has 3 rings (SSSR count). The summed E-state index contributed by atoms with van der Waals surface area (Å²) in [5.74, 6) is 0.215. The number of nitrogens with zero attached hydrogens (tertiary/aromatic N) is 3. The average Bonchev–Trinajstić information content (AvgIpc) is 3.30. The zero-order valence-electron chi connectivity index (χ0n) is 18.7. The Morgan fingerprint density at radius 1 is 1.16 bits per heavy atom. The first-order valence-corrected chi connectivity index (χ1v) is 13.7. The first-order valence-electron chi connectivity index (χ1n) is 10.1. The Hall–Kier alpha value is -2.27. The lowest BCUT2D eigenvalue weighted by Gasteiger charge is -2.19. The number of carbonyl (C=O) groups excluding carboxylic acids is 1. The molecule has 0 aliphatic heterocycles. The fourth-order valence-electron chi connectivity index (χ4n) is 3.27. The molecule has 2 aromatic heterocycles. The van der Waals surface area contributed by atoms with Gasteiger partial charge in [0.05, 0.1) is 21.0 Å². The monoisotopic (exact) mass is 490 g/mol. The standard InChI is InChI=1S/C22H26N4O3S3/c1-6-26(7-2)32(28,29)16-11-10-14(3)17(13-16)24-21(27)19-15(4)23-20(25-22(19)30-5)18-9-8-12-31-18/h8-13H,6-7H2,1-5H3,(H,24,27). The molecule has 2 heterocycles. The van der Waals surface area contributed by atoms with Crippen molar-refractivity contribution in [2.75, 3.05) is 24.7 Å². The number of aromatic nitrogens is 2. The molecule has 0 aliphatic carbocycles. The van der Waals surface area contributed by atoms with Crippen LogP contribution in [0.25, 0.3) is 10.7 Å². The number of nitrogens with one attached hydrogen (secondary N) is 1. The van der Waals surface area contributed by atoms with Gasteiger partial charge in [-0.3, -0.25) is 4.79 Å². The molecule has 0 radical (unpaired) electrons. The van der Waals surface area contributed by atoms with E-state index in [9.17, 15) is 13.2 Å². The van der Waals surface area contributed by atoms with Gasteiger partial charge in [-0.2, -0.15) is 4.31 Å². The molecule has 1 N–H and O–H groups in total. The number of anilines is 1. The van der Waals surface area contributed by atoms with Crippen LogP contribution in [0.2, 0.25) is 0 Å². The highest BCUT2D eigenvalue weighted by Crippen LogP contribution is 2.29. The Morgan fingerprint density at radius 3 is 2.47 bits per heavy atom. The second-order valence-electron chi connectivity index (χ2n) is 7.01. The molecule has 32 heavy (non-hydrogen) atoms. The third-order valence-electron chi connectivity index (χ3n) is 5.02. The van der Waals surface area contributed by atoms with Gasteiger partial charge < -0.3 is 5.32 Å². The van der Waals surface area contributed by atoms with Crippen LogP contribution in [-0.4, -0.2) is 47.9 Å². The van der Waals surface area contributed by atoms with E-state index in [0.717, 1.165) is 10.4 Å². The fraction of sp³-hybridized carbons (Fsp3) is 0.318. The van der Waals surface area contributed by atoms with Crippen LogP contribution in [0.3, 0.4) is 0 Å². The second-order valence-corrected chi connectivity index (χ2v) is 10.7. The van der Waals surface area contributed by atoms with E-state index in [-0.39, 0.29) is 10.8 Å². The summed E-state index contributed by atoms with van der Waals surface area (Å²) in [7, 11) is -3.64. The van der Waals surface area contributed by atoms with Crippen LogP contribution >= 0.6 is 23.1 Å². The number of thioether (sulfide) groups is 1. The van der Waals surface area contributed by atoms with Crippen molar-refractivity contribution in [3.05, 3.63) is 52.5 Å². The van der Waals surface area contributed by atoms with Gasteiger partial charge in [-0.05, 0) is 49.2 Å². The first-order chi connectivity index (χ1) is 15.2. The molecular weight excluding hydrogens is 464 g/mol. The van der Waals surface area contributed by atoms with Crippen molar-refractivity contribution in [3.63, 3.8) is 0 Å². The van der Waals surface area contributed by atoms with Crippen molar-refractivity contribution in [1.82, 2.24) is 14.3 Å². The summed E-state index contributed by atoms with van der Waals surface area (Å²) in [5, 5.41) is 5.40. The Kier molecular flexibility index (Phi) is 7.71. The van der Waals surface area contributed by atoms with E-state index in [2.05, 4.69) is 15.3 Å². The number of thiophene rings is 1. The summed E-state index contributed by atoms with van der Waals surface area (Å²) in [4.78, 5) is 23.4. The predicted octanol–water partition coefficient (Wildman–Crippen LogP) is 4.83. The van der Waals surface area contributed by atoms with Gasteiger partial charge >= 0.3 is 0 Å². The van der Waals surface area contributed by atoms with E-state index in [1.54, 1.807) is 32.9 Å². The van der Waals surface area contributed by atoms with Crippen LogP contribution in [0.4, 0.5) is 5.69 Å². The smallest absolute Gasteiger partial charge is 0.260 e. The Labute approximate surface area is 197 Å². The van der Waals surface area contributed by atoms with E-state index >= 15 is 0 Å². The van der Waals surface area contributed by atoms with Gasteiger partial charge in [0.25, 0.3) is 5.91 Å². The maximum Gasteiger partial charge on any atom is 0.260 e. The molecule has 10 heteroatoms. The third-order valence-corrected chi connectivity index (χ3v) is 8.61. The molecule has 7 nitrogen and oxygen atoms in total. The lowest BCUT2D eigenvalue weighted by molar-refractivity contribution is 0.102. The van der Waals surface area contributed by atoms with Gasteiger partial charge in [0.15, 0.2) is 5.82 Å². The Balaban J connectivity index is 1.97. The van der Waals surface area contributed by atoms with Crippen LogP contribution in [0.1, 0.15) is 35.5 Å². The van der Waals surface area contributed by atoms with E-state index < -0.39 is 10.0 Å². The minimum absolute atomic E-state index is 0.146. The number of hydrogen-bond acceptors (Lipinski definition) is 7. The molecule has 0 fully saturated rings. The molecule has 3 aromatic rings. The molecule has 0 saturated carbocycles. The van der Waals surface area contributed by atoms with Gasteiger partial charge in [-0.25, -0.2) is 18.4 Å². The SMILES string of the molecule is CCN(CC)S(=O)(=O)c1ccc(C)c(NC(=O)c2c(C)nc(-c3cccs3)nc2SC)c1. The number of carbonyl (C=O) groups is 1. The maximum absolute atomic E-state index is 13.2. The molecule has 0 saturated heterocycles. The summed E-state index contributed by atoms with van der Waals surface area (Å²) >= 11 is 2.91. The lowest BCUT2D eigenvalue weighted by atomic mass is 10.1. The number of sulfonamides is 1. The van der Waals surface area contributed by atoms with E-state index in [1.807, 2.05) is 30.7 Å². The quantitative estimate of drug-likeness (QED) is 0.359. The normalized spacial score (nSPS) is 11.7. The minimum atomic E-state index is -3.64. The highest BCUT2D eigenvalue weighted by molar-refractivity contribution is 7.98. The number of hydrogen-bond donors (Lipinski definition) is 1. The van der Waals surface area contributed by atoms with Crippen molar-refractivity contribution >= 4 is 44.7 Å². The largest absolute Gasteiger partial charge is 0.322 e. The lowest BCUT2D eigenvalue weighted by Crippen LogP contribution is -2.30. The van der Waals surface area contributed by atoms with Crippen molar-refractivity contribution in [3.8, 4) is 10.7 Å². The zero-order valence-corrected chi connectivity index (χ0v) is 21.1. The summed E-state index contributed by atoms with van der Waals surface area (Å²) in [6.07, 6.45) is 1.86. The van der Waals surface area contributed by atoms with E-state index in [4.69, 9.17) is 0 Å². The van der Waals surface area contributed by atoms with Crippen molar-refractivity contribution in [1.29, 1.82) is 0 Å². The van der Waals surface area contributed by atoms with Gasteiger partial charge in [-0.15, -0.1) is 23.1 Å². The van der Waals surface area contributed by atoms with Crippen LogP contribution in [0, 0.1) is 13.8 Å². The Bertz CT molecular complexity index is 1220. The molecule has 0 aliphatic rings. The fourth-order valence-corrected chi connectivity index (χ4v) is 6.03. The van der Waals surface area contributed by atoms with Crippen LogP contribution < -0.4 is 5.32 Å². The summed E-state index contributed by atoms with van der Waals surface area (Å²) < 4.78 is 27.2. The van der Waals surface area contributed by atoms with Crippen molar-refractivity contribution in [2.24, 2.45) is 0 Å². The molecule has 0 atom stereocenters. The van der Waals surface area contributed by atoms with E-state index in [0.29, 0.717) is 40.9 Å². The molecule has 0 bridgehead atoms. The molecule has 0 unspecified atom stereocenters. The van der Waals surface area contributed by atoms with Gasteiger partial charge in [0, 0.05) is 18.8 Å². The molecule has 170 valence electrons. The highest BCUT2D eigenvalue weighted by atomic mass is 32.2. The molecular formula is C22H26N4O3S3. The number of aryl methyl sites for hydroxylation is 2. The molecule has 0 spiro atoms. The summed E-state index contributed by atoms with van der Waals surface area (Å²) in [6, 6.07) is 8.64.